The van der Waals surface area contributed by atoms with E-state index in [1.807, 2.05) is 0 Å². The van der Waals surface area contributed by atoms with Crippen LogP contribution < -0.4 is 0 Å². The van der Waals surface area contributed by atoms with Crippen molar-refractivity contribution in [3.8, 4) is 0 Å². The Morgan fingerprint density at radius 3 is 3.13 bits per heavy atom. The third kappa shape index (κ3) is 2.35. The molecule has 0 saturated carbocycles. The minimum absolute atomic E-state index is 0.177. The quantitative estimate of drug-likeness (QED) is 0.848. The molecule has 1 atom stereocenters. The zero-order valence-electron chi connectivity index (χ0n) is 8.64. The summed E-state index contributed by atoms with van der Waals surface area (Å²) in [6, 6.07) is 0.540. The lowest BCUT2D eigenvalue weighted by Crippen LogP contribution is -2.26. The number of thiazole rings is 1. The van der Waals surface area contributed by atoms with Crippen molar-refractivity contribution < 1.29 is 9.90 Å². The molecule has 5 heteroatoms. The van der Waals surface area contributed by atoms with Gasteiger partial charge in [-0.1, -0.05) is 0 Å². The molecule has 0 bridgehead atoms. The van der Waals surface area contributed by atoms with Gasteiger partial charge in [0.2, 0.25) is 0 Å². The number of hydrogen-bond donors (Lipinski definition) is 1. The zero-order valence-corrected chi connectivity index (χ0v) is 9.46. The predicted octanol–water partition coefficient (Wildman–Crippen LogP) is 1.48. The zero-order chi connectivity index (χ0) is 10.8. The van der Waals surface area contributed by atoms with Crippen LogP contribution in [0.15, 0.2) is 5.38 Å². The van der Waals surface area contributed by atoms with Gasteiger partial charge >= 0.3 is 5.97 Å². The SMILES string of the molecule is CN1CCCC1Cc1nc(C(=O)O)cs1. The number of aromatic nitrogens is 1. The average Bonchev–Trinajstić information content (AvgIpc) is 2.77. The van der Waals surface area contributed by atoms with Gasteiger partial charge in [0.05, 0.1) is 5.01 Å². The summed E-state index contributed by atoms with van der Waals surface area (Å²) >= 11 is 1.45. The molecule has 1 aliphatic heterocycles. The van der Waals surface area contributed by atoms with Crippen molar-refractivity contribution >= 4 is 17.3 Å². The van der Waals surface area contributed by atoms with Crippen LogP contribution in [0, 0.1) is 0 Å². The maximum absolute atomic E-state index is 10.6. The Bertz CT molecular complexity index is 364. The fourth-order valence-corrected chi connectivity index (χ4v) is 2.78. The van der Waals surface area contributed by atoms with Crippen molar-refractivity contribution in [1.82, 2.24) is 9.88 Å². The molecule has 1 N–H and O–H groups in total. The molecule has 1 fully saturated rings. The summed E-state index contributed by atoms with van der Waals surface area (Å²) in [5.74, 6) is -0.933. The number of carboxylic acid groups (broad SMARTS) is 1. The van der Waals surface area contributed by atoms with Gasteiger partial charge < -0.3 is 10.0 Å². The van der Waals surface area contributed by atoms with Crippen molar-refractivity contribution in [2.75, 3.05) is 13.6 Å². The van der Waals surface area contributed by atoms with E-state index in [4.69, 9.17) is 5.11 Å². The lowest BCUT2D eigenvalue weighted by Gasteiger charge is -2.17. The first-order valence-electron chi connectivity index (χ1n) is 5.05. The molecule has 0 amide bonds. The summed E-state index contributed by atoms with van der Waals surface area (Å²) in [6.45, 7) is 1.14. The minimum atomic E-state index is -0.933. The third-order valence-electron chi connectivity index (χ3n) is 2.85. The average molecular weight is 226 g/mol. The second-order valence-corrected chi connectivity index (χ2v) is 4.86. The van der Waals surface area contributed by atoms with Crippen LogP contribution in [-0.2, 0) is 6.42 Å². The van der Waals surface area contributed by atoms with Crippen LogP contribution in [0.25, 0.3) is 0 Å². The minimum Gasteiger partial charge on any atom is -0.476 e. The molecule has 0 aliphatic carbocycles. The van der Waals surface area contributed by atoms with E-state index in [-0.39, 0.29) is 5.69 Å². The van der Waals surface area contributed by atoms with E-state index in [0.29, 0.717) is 6.04 Å². The van der Waals surface area contributed by atoms with Gasteiger partial charge in [-0.2, -0.15) is 0 Å². The second-order valence-electron chi connectivity index (χ2n) is 3.91. The highest BCUT2D eigenvalue weighted by Crippen LogP contribution is 2.21. The van der Waals surface area contributed by atoms with E-state index in [0.717, 1.165) is 18.0 Å². The van der Waals surface area contributed by atoms with Gasteiger partial charge in [0.1, 0.15) is 0 Å². The molecule has 15 heavy (non-hydrogen) atoms. The topological polar surface area (TPSA) is 53.4 Å². The molecule has 1 aromatic rings. The van der Waals surface area contributed by atoms with Crippen molar-refractivity contribution in [2.45, 2.75) is 25.3 Å². The van der Waals surface area contributed by atoms with Crippen LogP contribution in [-0.4, -0.2) is 40.6 Å². The van der Waals surface area contributed by atoms with Crippen molar-refractivity contribution in [3.63, 3.8) is 0 Å². The van der Waals surface area contributed by atoms with Crippen molar-refractivity contribution in [2.24, 2.45) is 0 Å². The van der Waals surface area contributed by atoms with Gasteiger partial charge in [-0.15, -0.1) is 11.3 Å². The number of aromatic carboxylic acids is 1. The van der Waals surface area contributed by atoms with Gasteiger partial charge in [-0.25, -0.2) is 9.78 Å². The van der Waals surface area contributed by atoms with Gasteiger partial charge in [-0.3, -0.25) is 0 Å². The van der Waals surface area contributed by atoms with Gasteiger partial charge in [0, 0.05) is 17.8 Å². The molecular weight excluding hydrogens is 212 g/mol. The highest BCUT2D eigenvalue weighted by molar-refractivity contribution is 7.09. The van der Waals surface area contributed by atoms with Gasteiger partial charge in [-0.05, 0) is 26.4 Å². The largest absolute Gasteiger partial charge is 0.476 e. The molecular formula is C10H14N2O2S. The molecule has 1 aliphatic rings. The highest BCUT2D eigenvalue weighted by Gasteiger charge is 2.22. The van der Waals surface area contributed by atoms with E-state index in [1.165, 1.54) is 24.2 Å². The number of likely N-dealkylation sites (N-methyl/N-ethyl adjacent to an activating group) is 1. The van der Waals surface area contributed by atoms with Crippen LogP contribution in [0.3, 0.4) is 0 Å². The molecule has 1 aromatic heterocycles. The fraction of sp³-hybridized carbons (Fsp3) is 0.600. The number of likely N-dealkylation sites (tertiary alicyclic amines) is 1. The van der Waals surface area contributed by atoms with E-state index in [1.54, 1.807) is 5.38 Å². The first-order chi connectivity index (χ1) is 7.16. The number of nitrogens with zero attached hydrogens (tertiary/aromatic N) is 2. The van der Waals surface area contributed by atoms with Crippen molar-refractivity contribution in [3.05, 3.63) is 16.1 Å². The van der Waals surface area contributed by atoms with Gasteiger partial charge in [0.25, 0.3) is 0 Å². The van der Waals surface area contributed by atoms with E-state index in [2.05, 4.69) is 16.9 Å². The number of carboxylic acids is 1. The summed E-state index contributed by atoms with van der Waals surface area (Å²) in [5, 5.41) is 11.3. The summed E-state index contributed by atoms with van der Waals surface area (Å²) in [5.41, 5.74) is 0.177. The van der Waals surface area contributed by atoms with Crippen LogP contribution in [0.2, 0.25) is 0 Å². The summed E-state index contributed by atoms with van der Waals surface area (Å²) < 4.78 is 0. The highest BCUT2D eigenvalue weighted by atomic mass is 32.1. The molecule has 1 unspecified atom stereocenters. The fourth-order valence-electron chi connectivity index (χ4n) is 1.94. The maximum atomic E-state index is 10.6. The lowest BCUT2D eigenvalue weighted by atomic mass is 10.1. The van der Waals surface area contributed by atoms with Gasteiger partial charge in [0.15, 0.2) is 5.69 Å². The summed E-state index contributed by atoms with van der Waals surface area (Å²) in [6.07, 6.45) is 3.31. The van der Waals surface area contributed by atoms with Crippen LogP contribution >= 0.6 is 11.3 Å². The Kier molecular flexibility index (Phi) is 3.02. The number of rotatable bonds is 3. The van der Waals surface area contributed by atoms with E-state index < -0.39 is 5.97 Å². The number of hydrogen-bond acceptors (Lipinski definition) is 4. The Morgan fingerprint density at radius 2 is 2.60 bits per heavy atom. The molecule has 0 radical (unpaired) electrons. The Balaban J connectivity index is 2.01. The Morgan fingerprint density at radius 1 is 1.80 bits per heavy atom. The summed E-state index contributed by atoms with van der Waals surface area (Å²) in [7, 11) is 2.11. The maximum Gasteiger partial charge on any atom is 0.355 e. The first kappa shape index (κ1) is 10.6. The first-order valence-corrected chi connectivity index (χ1v) is 5.92. The van der Waals surface area contributed by atoms with Crippen LogP contribution in [0.5, 0.6) is 0 Å². The molecule has 2 rings (SSSR count). The molecule has 2 heterocycles. The Labute approximate surface area is 92.6 Å². The standard InChI is InChI=1S/C10H14N2O2S/c1-12-4-2-3-7(12)5-9-11-8(6-15-9)10(13)14/h6-7H,2-5H2,1H3,(H,13,14). The van der Waals surface area contributed by atoms with Crippen molar-refractivity contribution in [1.29, 1.82) is 0 Å². The predicted molar refractivity (Wildman–Crippen MR) is 58.4 cm³/mol. The summed E-state index contributed by atoms with van der Waals surface area (Å²) in [4.78, 5) is 17.1. The van der Waals surface area contributed by atoms with Crippen LogP contribution in [0.1, 0.15) is 28.3 Å². The monoisotopic (exact) mass is 226 g/mol. The normalized spacial score (nSPS) is 22.1. The third-order valence-corrected chi connectivity index (χ3v) is 3.72. The van der Waals surface area contributed by atoms with E-state index >= 15 is 0 Å². The smallest absolute Gasteiger partial charge is 0.355 e. The molecule has 0 aromatic carbocycles. The molecule has 1 saturated heterocycles. The number of carbonyl (C=O) groups is 1. The second kappa shape index (κ2) is 4.28. The Hall–Kier alpha value is -0.940. The molecule has 4 nitrogen and oxygen atoms in total. The molecule has 0 spiro atoms. The lowest BCUT2D eigenvalue weighted by molar-refractivity contribution is 0.0691. The van der Waals surface area contributed by atoms with E-state index in [9.17, 15) is 4.79 Å². The molecule has 82 valence electrons. The van der Waals surface area contributed by atoms with Crippen LogP contribution in [0.4, 0.5) is 0 Å².